The summed E-state index contributed by atoms with van der Waals surface area (Å²) in [6, 6.07) is 5.38. The van der Waals surface area contributed by atoms with Gasteiger partial charge in [-0.2, -0.15) is 0 Å². The predicted molar refractivity (Wildman–Crippen MR) is 96.6 cm³/mol. The van der Waals surface area contributed by atoms with E-state index in [4.69, 9.17) is 11.6 Å². The molecule has 1 aromatic carbocycles. The Morgan fingerprint density at radius 1 is 1.29 bits per heavy atom. The van der Waals surface area contributed by atoms with E-state index in [0.717, 1.165) is 36.9 Å². The molecule has 0 spiro atoms. The molecule has 7 heteroatoms. The van der Waals surface area contributed by atoms with Crippen LogP contribution in [0.3, 0.4) is 0 Å². The minimum atomic E-state index is -0.493. The number of hydrogen-bond donors (Lipinski definition) is 2. The number of rotatable bonds is 5. The Balaban J connectivity index is 1.80. The molecule has 130 valence electrons. The Morgan fingerprint density at radius 3 is 2.67 bits per heavy atom. The Morgan fingerprint density at radius 2 is 2.00 bits per heavy atom. The lowest BCUT2D eigenvalue weighted by molar-refractivity contribution is -0.121. The van der Waals surface area contributed by atoms with Crippen LogP contribution in [0.25, 0.3) is 0 Å². The van der Waals surface area contributed by atoms with Crippen molar-refractivity contribution in [3.8, 4) is 0 Å². The molecule has 1 saturated heterocycles. The molecule has 0 radical (unpaired) electrons. The molecule has 1 aliphatic rings. The summed E-state index contributed by atoms with van der Waals surface area (Å²) in [7, 11) is 0. The number of nitrogens with zero attached hydrogens (tertiary/aromatic N) is 2. The van der Waals surface area contributed by atoms with Crippen LogP contribution in [-0.4, -0.2) is 56.1 Å². The highest BCUT2D eigenvalue weighted by Crippen LogP contribution is 2.25. The first kappa shape index (κ1) is 18.3. The first-order valence-corrected chi connectivity index (χ1v) is 8.29. The Kier molecular flexibility index (Phi) is 6.63. The van der Waals surface area contributed by atoms with E-state index in [1.54, 1.807) is 6.08 Å². The Labute approximate surface area is 147 Å². The van der Waals surface area contributed by atoms with E-state index in [1.165, 1.54) is 5.56 Å². The number of imide groups is 1. The second-order valence-corrected chi connectivity index (χ2v) is 6.18. The molecule has 1 fully saturated rings. The lowest BCUT2D eigenvalue weighted by atomic mass is 10.1. The van der Waals surface area contributed by atoms with Crippen LogP contribution in [0.1, 0.15) is 5.56 Å². The molecule has 1 heterocycles. The number of piperazine rings is 1. The van der Waals surface area contributed by atoms with Crippen LogP contribution in [-0.2, 0) is 4.79 Å². The predicted octanol–water partition coefficient (Wildman–Crippen LogP) is 1.78. The first-order chi connectivity index (χ1) is 11.5. The Hall–Kier alpha value is -2.05. The lowest BCUT2D eigenvalue weighted by Crippen LogP contribution is -2.51. The molecule has 0 bridgehead atoms. The van der Waals surface area contributed by atoms with E-state index in [0.29, 0.717) is 6.54 Å². The van der Waals surface area contributed by atoms with Crippen LogP contribution in [0, 0.1) is 6.92 Å². The van der Waals surface area contributed by atoms with Gasteiger partial charge in [0.05, 0.1) is 6.54 Å². The number of aryl methyl sites for hydroxylation is 1. The van der Waals surface area contributed by atoms with Gasteiger partial charge in [0.2, 0.25) is 5.91 Å². The van der Waals surface area contributed by atoms with Crippen molar-refractivity contribution in [2.75, 3.05) is 44.2 Å². The zero-order chi connectivity index (χ0) is 17.5. The van der Waals surface area contributed by atoms with Gasteiger partial charge in [-0.25, -0.2) is 4.79 Å². The summed E-state index contributed by atoms with van der Waals surface area (Å²) >= 11 is 6.08. The van der Waals surface area contributed by atoms with Gasteiger partial charge in [0.15, 0.2) is 0 Å². The van der Waals surface area contributed by atoms with Gasteiger partial charge in [-0.15, -0.1) is 6.58 Å². The number of benzene rings is 1. The summed E-state index contributed by atoms with van der Waals surface area (Å²) in [6.07, 6.45) is 1.56. The molecule has 2 N–H and O–H groups in total. The maximum atomic E-state index is 11.9. The number of carbonyl (C=O) groups is 2. The molecule has 0 unspecified atom stereocenters. The van der Waals surface area contributed by atoms with Gasteiger partial charge < -0.3 is 10.2 Å². The van der Waals surface area contributed by atoms with E-state index in [2.05, 4.69) is 29.0 Å². The van der Waals surface area contributed by atoms with Crippen LogP contribution < -0.4 is 15.5 Å². The molecule has 0 atom stereocenters. The number of halogens is 1. The van der Waals surface area contributed by atoms with Crippen molar-refractivity contribution in [1.29, 1.82) is 0 Å². The van der Waals surface area contributed by atoms with Crippen molar-refractivity contribution in [2.24, 2.45) is 0 Å². The summed E-state index contributed by atoms with van der Waals surface area (Å²) in [5, 5.41) is 5.55. The minimum absolute atomic E-state index is 0.212. The summed E-state index contributed by atoms with van der Waals surface area (Å²) in [5.74, 6) is -0.302. The minimum Gasteiger partial charge on any atom is -0.369 e. The highest BCUT2D eigenvalue weighted by Gasteiger charge is 2.21. The molecule has 3 amide bonds. The molecule has 1 aliphatic heterocycles. The quantitative estimate of drug-likeness (QED) is 0.795. The maximum absolute atomic E-state index is 11.9. The normalized spacial score (nSPS) is 15.0. The van der Waals surface area contributed by atoms with Crippen LogP contribution in [0.15, 0.2) is 30.9 Å². The molecular formula is C17H23ClN4O2. The van der Waals surface area contributed by atoms with Gasteiger partial charge >= 0.3 is 6.03 Å². The fourth-order valence-corrected chi connectivity index (χ4v) is 2.81. The highest BCUT2D eigenvalue weighted by atomic mass is 35.5. The SMILES string of the molecule is C=CCNC(=O)NC(=O)CN1CCN(c2cc(Cl)ccc2C)CC1. The molecule has 2 rings (SSSR count). The van der Waals surface area contributed by atoms with E-state index in [-0.39, 0.29) is 12.5 Å². The topological polar surface area (TPSA) is 64.7 Å². The molecule has 0 saturated carbocycles. The van der Waals surface area contributed by atoms with E-state index in [1.807, 2.05) is 23.1 Å². The molecule has 0 aromatic heterocycles. The molecule has 0 aliphatic carbocycles. The fourth-order valence-electron chi connectivity index (χ4n) is 2.65. The third-order valence-corrected chi connectivity index (χ3v) is 4.15. The summed E-state index contributed by atoms with van der Waals surface area (Å²) in [5.41, 5.74) is 2.32. The molecule has 6 nitrogen and oxygen atoms in total. The van der Waals surface area contributed by atoms with Gasteiger partial charge in [-0.1, -0.05) is 23.7 Å². The number of carbonyl (C=O) groups excluding carboxylic acids is 2. The smallest absolute Gasteiger partial charge is 0.321 e. The number of hydrogen-bond acceptors (Lipinski definition) is 4. The second kappa shape index (κ2) is 8.70. The third kappa shape index (κ3) is 5.25. The average Bonchev–Trinajstić information content (AvgIpc) is 2.56. The number of amides is 3. The van der Waals surface area contributed by atoms with Crippen molar-refractivity contribution >= 4 is 29.2 Å². The fraction of sp³-hybridized carbons (Fsp3) is 0.412. The lowest BCUT2D eigenvalue weighted by Gasteiger charge is -2.36. The van der Waals surface area contributed by atoms with Crippen LogP contribution >= 0.6 is 11.6 Å². The van der Waals surface area contributed by atoms with Crippen molar-refractivity contribution in [2.45, 2.75) is 6.92 Å². The first-order valence-electron chi connectivity index (χ1n) is 7.91. The zero-order valence-electron chi connectivity index (χ0n) is 13.8. The van der Waals surface area contributed by atoms with Gasteiger partial charge in [-0.3, -0.25) is 15.0 Å². The van der Waals surface area contributed by atoms with Crippen LogP contribution in [0.5, 0.6) is 0 Å². The highest BCUT2D eigenvalue weighted by molar-refractivity contribution is 6.30. The van der Waals surface area contributed by atoms with E-state index >= 15 is 0 Å². The molecular weight excluding hydrogens is 328 g/mol. The van der Waals surface area contributed by atoms with Crippen molar-refractivity contribution in [3.05, 3.63) is 41.4 Å². The van der Waals surface area contributed by atoms with Gasteiger partial charge in [0.25, 0.3) is 0 Å². The number of nitrogens with one attached hydrogen (secondary N) is 2. The Bertz CT molecular complexity index is 613. The second-order valence-electron chi connectivity index (χ2n) is 5.74. The standard InChI is InChI=1S/C17H23ClN4O2/c1-3-6-19-17(24)20-16(23)12-21-7-9-22(10-8-21)15-11-14(18)5-4-13(15)2/h3-5,11H,1,6-10,12H2,2H3,(H2,19,20,23,24). The van der Waals surface area contributed by atoms with Crippen molar-refractivity contribution in [3.63, 3.8) is 0 Å². The third-order valence-electron chi connectivity index (χ3n) is 3.91. The van der Waals surface area contributed by atoms with Crippen molar-refractivity contribution < 1.29 is 9.59 Å². The molecule has 24 heavy (non-hydrogen) atoms. The monoisotopic (exact) mass is 350 g/mol. The summed E-state index contributed by atoms with van der Waals surface area (Å²) < 4.78 is 0. The van der Waals surface area contributed by atoms with Crippen LogP contribution in [0.4, 0.5) is 10.5 Å². The largest absolute Gasteiger partial charge is 0.369 e. The van der Waals surface area contributed by atoms with Gasteiger partial charge in [-0.05, 0) is 24.6 Å². The zero-order valence-corrected chi connectivity index (χ0v) is 14.6. The van der Waals surface area contributed by atoms with E-state index in [9.17, 15) is 9.59 Å². The number of anilines is 1. The number of urea groups is 1. The van der Waals surface area contributed by atoms with E-state index < -0.39 is 6.03 Å². The van der Waals surface area contributed by atoms with Gasteiger partial charge in [0, 0.05) is 43.4 Å². The summed E-state index contributed by atoms with van der Waals surface area (Å²) in [6.45, 7) is 9.25. The van der Waals surface area contributed by atoms with Crippen LogP contribution in [0.2, 0.25) is 5.02 Å². The van der Waals surface area contributed by atoms with Crippen molar-refractivity contribution in [1.82, 2.24) is 15.5 Å². The maximum Gasteiger partial charge on any atom is 0.321 e. The van der Waals surface area contributed by atoms with Gasteiger partial charge in [0.1, 0.15) is 0 Å². The summed E-state index contributed by atoms with van der Waals surface area (Å²) in [4.78, 5) is 27.6. The molecule has 1 aromatic rings. The average molecular weight is 351 g/mol.